The first-order chi connectivity index (χ1) is 24.0. The van der Waals surface area contributed by atoms with E-state index in [2.05, 4.69) is 123 Å². The first-order valence-corrected chi connectivity index (χ1v) is 18.8. The molecule has 55 heavy (non-hydrogen) atoms. The van der Waals surface area contributed by atoms with Gasteiger partial charge in [0.1, 0.15) is 5.65 Å². The third-order valence-electron chi connectivity index (χ3n) is 8.34. The van der Waals surface area contributed by atoms with Gasteiger partial charge in [-0.05, 0) is 101 Å². The van der Waals surface area contributed by atoms with Crippen LogP contribution in [0.15, 0.2) is 91.5 Å². The highest BCUT2D eigenvalue weighted by atomic mass is 32.1. The lowest BCUT2D eigenvalue weighted by Gasteiger charge is -2.06. The zero-order valence-corrected chi connectivity index (χ0v) is 32.6. The Balaban J connectivity index is -0.000000606. The Morgan fingerprint density at radius 3 is 1.65 bits per heavy atom. The molecule has 0 aliphatic heterocycles. The fourth-order valence-corrected chi connectivity index (χ4v) is 5.54. The number of hydrogen-bond donors (Lipinski definition) is 1. The van der Waals surface area contributed by atoms with Gasteiger partial charge in [-0.25, -0.2) is 4.98 Å². The van der Waals surface area contributed by atoms with Crippen LogP contribution in [-0.2, 0) is 12.8 Å². The van der Waals surface area contributed by atoms with Gasteiger partial charge in [-0.2, -0.15) is 10.2 Å². The Labute approximate surface area is 341 Å². The van der Waals surface area contributed by atoms with E-state index in [4.69, 9.17) is 0 Å². The summed E-state index contributed by atoms with van der Waals surface area (Å²) in [7, 11) is 0. The molecule has 0 aromatic carbocycles. The minimum absolute atomic E-state index is 0. The van der Waals surface area contributed by atoms with E-state index in [9.17, 15) is 0 Å². The van der Waals surface area contributed by atoms with Gasteiger partial charge in [0.25, 0.3) is 0 Å². The van der Waals surface area contributed by atoms with Crippen LogP contribution in [-0.4, -0.2) is 35.1 Å². The number of H-pyrrole nitrogens is 1. The van der Waals surface area contributed by atoms with Crippen molar-refractivity contribution in [2.45, 2.75) is 155 Å². The van der Waals surface area contributed by atoms with Crippen LogP contribution in [0.4, 0.5) is 0 Å². The number of aryl methyl sites for hydroxylation is 2. The maximum absolute atomic E-state index is 4.48. The number of fused-ring (bicyclic) bond motifs is 2. The molecule has 306 valence electrons. The van der Waals surface area contributed by atoms with Crippen molar-refractivity contribution in [3.63, 3.8) is 0 Å². The Bertz CT molecular complexity index is 1720. The highest BCUT2D eigenvalue weighted by Crippen LogP contribution is 2.23. The molecule has 8 heteroatoms. The van der Waals surface area contributed by atoms with Gasteiger partial charge in [0, 0.05) is 59.3 Å². The summed E-state index contributed by atoms with van der Waals surface area (Å²) >= 11 is 1.72. The molecule has 0 saturated carbocycles. The molecule has 0 atom stereocenters. The highest BCUT2D eigenvalue weighted by molar-refractivity contribution is 7.09. The first-order valence-electron chi connectivity index (χ1n) is 17.9. The van der Waals surface area contributed by atoms with E-state index in [1.54, 1.807) is 29.9 Å². The Kier molecular flexibility index (Phi) is 29.1. The van der Waals surface area contributed by atoms with Crippen LogP contribution in [0.1, 0.15) is 181 Å². The lowest BCUT2D eigenvalue weighted by molar-refractivity contribution is 0.841. The van der Waals surface area contributed by atoms with Crippen LogP contribution in [0.25, 0.3) is 11.0 Å². The molecule has 1 aliphatic rings. The minimum atomic E-state index is 0. The maximum atomic E-state index is 4.48. The largest absolute Gasteiger partial charge is 0.346 e. The number of aromatic amines is 1. The van der Waals surface area contributed by atoms with Crippen LogP contribution in [0.5, 0.6) is 0 Å². The predicted molar refractivity (Wildman–Crippen MR) is 245 cm³/mol. The van der Waals surface area contributed by atoms with Gasteiger partial charge in [0.2, 0.25) is 0 Å². The van der Waals surface area contributed by atoms with Crippen molar-refractivity contribution in [3.8, 4) is 0 Å². The summed E-state index contributed by atoms with van der Waals surface area (Å²) in [5, 5.41) is 8.63. The van der Waals surface area contributed by atoms with Crippen molar-refractivity contribution in [1.29, 1.82) is 0 Å². The Hall–Kier alpha value is -4.30. The molecule has 1 N–H and O–H groups in total. The Morgan fingerprint density at radius 1 is 0.564 bits per heavy atom. The highest BCUT2D eigenvalue weighted by Gasteiger charge is 2.13. The van der Waals surface area contributed by atoms with Gasteiger partial charge in [-0.3, -0.25) is 15.0 Å². The van der Waals surface area contributed by atoms with Crippen LogP contribution < -0.4 is 0 Å². The lowest BCUT2D eigenvalue weighted by atomic mass is 10.0. The lowest BCUT2D eigenvalue weighted by Crippen LogP contribution is -1.93. The molecule has 0 fully saturated rings. The molecule has 6 aromatic heterocycles. The number of hydrogen-bond acceptors (Lipinski definition) is 7. The van der Waals surface area contributed by atoms with Crippen molar-refractivity contribution in [2.24, 2.45) is 0 Å². The molecule has 7 nitrogen and oxygen atoms in total. The number of pyridine rings is 3. The summed E-state index contributed by atoms with van der Waals surface area (Å²) in [6.45, 7) is 21.7. The molecule has 6 heterocycles. The zero-order chi connectivity index (χ0) is 36.5. The Morgan fingerprint density at radius 2 is 1.18 bits per heavy atom. The van der Waals surface area contributed by atoms with Crippen molar-refractivity contribution in [1.82, 2.24) is 35.1 Å². The second-order valence-electron chi connectivity index (χ2n) is 14.1. The third kappa shape index (κ3) is 19.2. The SMILES string of the molecule is C.C.C.C.C.CC(C)c1cccnc1.CC(C)c1ccnnc1.CC(C)c1cnc2[nH]ccc2c1.CC(C)c1cnc2c(c1)CCC2.CC(C)c1cncs1. The van der Waals surface area contributed by atoms with Crippen molar-refractivity contribution < 1.29 is 0 Å². The molecule has 0 radical (unpaired) electrons. The molecule has 1 aliphatic carbocycles. The maximum Gasteiger partial charge on any atom is 0.137 e. The number of thiazole rings is 1. The topological polar surface area (TPSA) is 93.1 Å². The number of nitrogens with zero attached hydrogens (tertiary/aromatic N) is 6. The summed E-state index contributed by atoms with van der Waals surface area (Å²) in [6.07, 6.45) is 18.8. The van der Waals surface area contributed by atoms with E-state index in [-0.39, 0.29) is 37.1 Å². The third-order valence-corrected chi connectivity index (χ3v) is 9.42. The molecule has 0 bridgehead atoms. The molecule has 0 amide bonds. The quantitative estimate of drug-likeness (QED) is 0.188. The fourth-order valence-electron chi connectivity index (χ4n) is 4.90. The summed E-state index contributed by atoms with van der Waals surface area (Å²) in [4.78, 5) is 21.2. The van der Waals surface area contributed by atoms with Crippen LogP contribution in [0, 0.1) is 0 Å². The van der Waals surface area contributed by atoms with Crippen LogP contribution in [0.3, 0.4) is 0 Å². The van der Waals surface area contributed by atoms with E-state index in [1.807, 2.05) is 54.7 Å². The molecule has 0 spiro atoms. The minimum Gasteiger partial charge on any atom is -0.346 e. The normalized spacial score (nSPS) is 10.6. The second-order valence-corrected chi connectivity index (χ2v) is 15.0. The van der Waals surface area contributed by atoms with Gasteiger partial charge in [0.05, 0.1) is 11.7 Å². The van der Waals surface area contributed by atoms with Crippen molar-refractivity contribution in [3.05, 3.63) is 130 Å². The van der Waals surface area contributed by atoms with Crippen molar-refractivity contribution >= 4 is 22.4 Å². The second kappa shape index (κ2) is 29.0. The molecular formula is C47H77N7S. The summed E-state index contributed by atoms with van der Waals surface area (Å²) in [5.41, 5.74) is 10.9. The first kappa shape index (κ1) is 55.0. The summed E-state index contributed by atoms with van der Waals surface area (Å²) in [6, 6.07) is 12.6. The van der Waals surface area contributed by atoms with E-state index < -0.39 is 0 Å². The fraction of sp³-hybridized carbons (Fsp3) is 0.489. The van der Waals surface area contributed by atoms with Crippen LogP contribution in [0.2, 0.25) is 0 Å². The van der Waals surface area contributed by atoms with Gasteiger partial charge in [0.15, 0.2) is 0 Å². The molecule has 7 rings (SSSR count). The van der Waals surface area contributed by atoms with E-state index in [0.717, 1.165) is 5.65 Å². The number of aromatic nitrogens is 7. The molecule has 0 unspecified atom stereocenters. The van der Waals surface area contributed by atoms with Gasteiger partial charge >= 0.3 is 0 Å². The van der Waals surface area contributed by atoms with Gasteiger partial charge < -0.3 is 4.98 Å². The van der Waals surface area contributed by atoms with Gasteiger partial charge in [-0.1, -0.05) is 119 Å². The van der Waals surface area contributed by atoms with E-state index >= 15 is 0 Å². The van der Waals surface area contributed by atoms with Gasteiger partial charge in [-0.15, -0.1) is 11.3 Å². The number of rotatable bonds is 5. The monoisotopic (exact) mass is 772 g/mol. The zero-order valence-electron chi connectivity index (χ0n) is 31.8. The summed E-state index contributed by atoms with van der Waals surface area (Å²) < 4.78 is 0. The molecule has 0 saturated heterocycles. The van der Waals surface area contributed by atoms with Crippen molar-refractivity contribution in [2.75, 3.05) is 0 Å². The van der Waals surface area contributed by atoms with Crippen LogP contribution >= 0.6 is 11.3 Å². The van der Waals surface area contributed by atoms with E-state index in [1.165, 1.54) is 63.0 Å². The summed E-state index contributed by atoms with van der Waals surface area (Å²) in [5.74, 6) is 2.96. The molecule has 6 aromatic rings. The predicted octanol–water partition coefficient (Wildman–Crippen LogP) is 14.6. The average molecular weight is 772 g/mol. The average Bonchev–Trinajstić information content (AvgIpc) is 3.92. The standard InChI is InChI=1S/C11H15N.C10H12N2.C8H11N.C7H10N2.C6H9NS.5CH4/c1-8(2)10-6-9-4-3-5-11(9)12-7-10;1-7(2)9-5-8-3-4-11-10(8)12-6-9;1-7(2)8-4-3-5-9-6-8;1-6(2)7-3-4-8-9-5-7;1-5(2)6-3-7-4-8-6;;;;;/h6-8H,3-5H2,1-2H3;3-7H,1-2H3,(H,11,12);3-7H,1-2H3;3-6H,1-2H3;3-5H,1-2H3;5*1H4. The smallest absolute Gasteiger partial charge is 0.137 e. The number of nitrogens with one attached hydrogen (secondary N) is 1. The molecular weight excluding hydrogens is 695 g/mol. The van der Waals surface area contributed by atoms with E-state index in [0.29, 0.717) is 29.6 Å².